The molecule has 2 aromatic rings. The standard InChI is InChI=1S/C22H27NO3/c1-22(2,15-24)14-18-8-5-7-17(13-18)9-6-12-23-16-26-20-11-4-3-10-19(20)21(23)25/h3-5,7-8,10-11,13,24H,6,9,12,14-16H2,1-2H3. The topological polar surface area (TPSA) is 49.8 Å². The van der Waals surface area contributed by atoms with Crippen LogP contribution in [-0.4, -0.2) is 35.8 Å². The van der Waals surface area contributed by atoms with Gasteiger partial charge in [0.15, 0.2) is 6.73 Å². The van der Waals surface area contributed by atoms with Crippen LogP contribution in [0.2, 0.25) is 0 Å². The summed E-state index contributed by atoms with van der Waals surface area (Å²) in [4.78, 5) is 14.3. The fraction of sp³-hybridized carbons (Fsp3) is 0.409. The van der Waals surface area contributed by atoms with Crippen molar-refractivity contribution in [3.8, 4) is 5.75 Å². The van der Waals surface area contributed by atoms with E-state index in [0.717, 1.165) is 19.3 Å². The number of rotatable bonds is 7. The summed E-state index contributed by atoms with van der Waals surface area (Å²) in [6, 6.07) is 15.9. The molecule has 1 aliphatic rings. The number of benzene rings is 2. The first kappa shape index (κ1) is 18.5. The summed E-state index contributed by atoms with van der Waals surface area (Å²) in [6.07, 6.45) is 2.66. The van der Waals surface area contributed by atoms with E-state index < -0.39 is 0 Å². The van der Waals surface area contributed by atoms with E-state index in [0.29, 0.717) is 24.6 Å². The Morgan fingerprint density at radius 3 is 2.69 bits per heavy atom. The minimum absolute atomic E-state index is 0.0466. The van der Waals surface area contributed by atoms with Gasteiger partial charge in [-0.1, -0.05) is 50.2 Å². The van der Waals surface area contributed by atoms with Crippen LogP contribution in [0.1, 0.15) is 41.8 Å². The second-order valence-corrected chi connectivity index (χ2v) is 7.76. The zero-order valence-corrected chi connectivity index (χ0v) is 15.6. The summed E-state index contributed by atoms with van der Waals surface area (Å²) in [6.45, 7) is 5.31. The number of aryl methyl sites for hydroxylation is 1. The molecular formula is C22H27NO3. The van der Waals surface area contributed by atoms with Crippen LogP contribution in [0.15, 0.2) is 48.5 Å². The first-order chi connectivity index (χ1) is 12.5. The summed E-state index contributed by atoms with van der Waals surface area (Å²) >= 11 is 0. The number of hydrogen-bond acceptors (Lipinski definition) is 3. The highest BCUT2D eigenvalue weighted by molar-refractivity contribution is 5.97. The predicted octanol–water partition coefficient (Wildman–Crippen LogP) is 3.67. The van der Waals surface area contributed by atoms with Gasteiger partial charge in [-0.2, -0.15) is 0 Å². The quantitative estimate of drug-likeness (QED) is 0.826. The number of carbonyl (C=O) groups is 1. The molecule has 1 heterocycles. The van der Waals surface area contributed by atoms with Crippen molar-refractivity contribution in [2.75, 3.05) is 19.9 Å². The van der Waals surface area contributed by atoms with Crippen molar-refractivity contribution in [1.29, 1.82) is 0 Å². The fourth-order valence-electron chi connectivity index (χ4n) is 3.29. The van der Waals surface area contributed by atoms with Crippen molar-refractivity contribution < 1.29 is 14.6 Å². The molecule has 0 saturated carbocycles. The van der Waals surface area contributed by atoms with Crippen molar-refractivity contribution >= 4 is 5.91 Å². The van der Waals surface area contributed by atoms with Gasteiger partial charge in [-0.15, -0.1) is 0 Å². The van der Waals surface area contributed by atoms with Gasteiger partial charge < -0.3 is 14.7 Å². The molecule has 0 atom stereocenters. The smallest absolute Gasteiger partial charge is 0.260 e. The van der Waals surface area contributed by atoms with Crippen molar-refractivity contribution in [3.63, 3.8) is 0 Å². The third-order valence-corrected chi connectivity index (χ3v) is 4.78. The summed E-state index contributed by atoms with van der Waals surface area (Å²) in [5.41, 5.74) is 3.05. The van der Waals surface area contributed by atoms with Gasteiger partial charge in [-0.25, -0.2) is 0 Å². The SMILES string of the molecule is CC(C)(CO)Cc1cccc(CCCN2COc3ccccc3C2=O)c1. The molecule has 0 aromatic heterocycles. The molecule has 138 valence electrons. The van der Waals surface area contributed by atoms with Gasteiger partial charge in [-0.05, 0) is 47.9 Å². The predicted molar refractivity (Wildman–Crippen MR) is 102 cm³/mol. The van der Waals surface area contributed by atoms with E-state index >= 15 is 0 Å². The summed E-state index contributed by atoms with van der Waals surface area (Å²) in [5, 5.41) is 9.46. The van der Waals surface area contributed by atoms with E-state index in [9.17, 15) is 9.90 Å². The Bertz CT molecular complexity index is 769. The first-order valence-electron chi connectivity index (χ1n) is 9.18. The monoisotopic (exact) mass is 353 g/mol. The van der Waals surface area contributed by atoms with Gasteiger partial charge in [0.05, 0.1) is 5.56 Å². The molecule has 0 unspecified atom stereocenters. The average Bonchev–Trinajstić information content (AvgIpc) is 2.64. The Morgan fingerprint density at radius 2 is 1.88 bits per heavy atom. The summed E-state index contributed by atoms with van der Waals surface area (Å²) < 4.78 is 5.68. The Balaban J connectivity index is 1.55. The molecule has 0 radical (unpaired) electrons. The van der Waals surface area contributed by atoms with Gasteiger partial charge >= 0.3 is 0 Å². The van der Waals surface area contributed by atoms with Crippen LogP contribution in [0.25, 0.3) is 0 Å². The Labute approximate surface area is 155 Å². The van der Waals surface area contributed by atoms with Crippen LogP contribution in [-0.2, 0) is 12.8 Å². The number of hydrogen-bond donors (Lipinski definition) is 1. The number of fused-ring (bicyclic) bond motifs is 1. The van der Waals surface area contributed by atoms with Crippen LogP contribution in [0.4, 0.5) is 0 Å². The maximum atomic E-state index is 12.5. The van der Waals surface area contributed by atoms with Gasteiger partial charge in [0, 0.05) is 13.2 Å². The highest BCUT2D eigenvalue weighted by Gasteiger charge is 2.24. The Kier molecular flexibility index (Phi) is 5.62. The molecule has 2 aromatic carbocycles. The van der Waals surface area contributed by atoms with E-state index in [2.05, 4.69) is 38.1 Å². The van der Waals surface area contributed by atoms with E-state index in [1.807, 2.05) is 24.3 Å². The minimum Gasteiger partial charge on any atom is -0.472 e. The maximum absolute atomic E-state index is 12.5. The number of nitrogens with zero attached hydrogens (tertiary/aromatic N) is 1. The Hall–Kier alpha value is -2.33. The van der Waals surface area contributed by atoms with Crippen LogP contribution in [0.5, 0.6) is 5.75 Å². The first-order valence-corrected chi connectivity index (χ1v) is 9.18. The van der Waals surface area contributed by atoms with E-state index in [4.69, 9.17) is 4.74 Å². The number of amides is 1. The molecule has 0 saturated heterocycles. The Morgan fingerprint density at radius 1 is 1.12 bits per heavy atom. The van der Waals surface area contributed by atoms with Crippen molar-refractivity contribution in [1.82, 2.24) is 4.90 Å². The number of carbonyl (C=O) groups excluding carboxylic acids is 1. The molecule has 4 nitrogen and oxygen atoms in total. The molecule has 0 aliphatic carbocycles. The van der Waals surface area contributed by atoms with Crippen LogP contribution >= 0.6 is 0 Å². The molecule has 0 spiro atoms. The normalized spacial score (nSPS) is 14.1. The van der Waals surface area contributed by atoms with Crippen molar-refractivity contribution in [3.05, 3.63) is 65.2 Å². The van der Waals surface area contributed by atoms with Crippen molar-refractivity contribution in [2.24, 2.45) is 5.41 Å². The molecule has 0 bridgehead atoms. The molecular weight excluding hydrogens is 326 g/mol. The zero-order valence-electron chi connectivity index (χ0n) is 15.6. The lowest BCUT2D eigenvalue weighted by Gasteiger charge is -2.28. The molecule has 1 N–H and O–H groups in total. The number of aliphatic hydroxyl groups is 1. The van der Waals surface area contributed by atoms with Crippen LogP contribution < -0.4 is 4.74 Å². The van der Waals surface area contributed by atoms with E-state index in [1.54, 1.807) is 4.90 Å². The van der Waals surface area contributed by atoms with Crippen LogP contribution in [0.3, 0.4) is 0 Å². The van der Waals surface area contributed by atoms with E-state index in [-0.39, 0.29) is 17.9 Å². The van der Waals surface area contributed by atoms with Gasteiger partial charge in [-0.3, -0.25) is 4.79 Å². The lowest BCUT2D eigenvalue weighted by atomic mass is 9.86. The van der Waals surface area contributed by atoms with Crippen molar-refractivity contribution in [2.45, 2.75) is 33.1 Å². The molecule has 0 fully saturated rings. The minimum atomic E-state index is -0.108. The summed E-state index contributed by atoms with van der Waals surface area (Å²) in [5.74, 6) is 0.721. The highest BCUT2D eigenvalue weighted by Crippen LogP contribution is 2.25. The average molecular weight is 353 g/mol. The fourth-order valence-corrected chi connectivity index (χ4v) is 3.29. The molecule has 26 heavy (non-hydrogen) atoms. The molecule has 4 heteroatoms. The number of para-hydroxylation sites is 1. The largest absolute Gasteiger partial charge is 0.472 e. The highest BCUT2D eigenvalue weighted by atomic mass is 16.5. The molecule has 1 amide bonds. The number of aliphatic hydroxyl groups excluding tert-OH is 1. The second kappa shape index (κ2) is 7.92. The van der Waals surface area contributed by atoms with Crippen LogP contribution in [0, 0.1) is 5.41 Å². The third-order valence-electron chi connectivity index (χ3n) is 4.78. The zero-order chi connectivity index (χ0) is 18.6. The second-order valence-electron chi connectivity index (χ2n) is 7.76. The third kappa shape index (κ3) is 4.44. The molecule has 3 rings (SSSR count). The van der Waals surface area contributed by atoms with Gasteiger partial charge in [0.25, 0.3) is 5.91 Å². The maximum Gasteiger partial charge on any atom is 0.260 e. The summed E-state index contributed by atoms with van der Waals surface area (Å²) in [7, 11) is 0. The van der Waals surface area contributed by atoms with E-state index in [1.165, 1.54) is 11.1 Å². The lowest BCUT2D eigenvalue weighted by Crippen LogP contribution is -2.39. The van der Waals surface area contributed by atoms with Gasteiger partial charge in [0.1, 0.15) is 5.75 Å². The molecule has 1 aliphatic heterocycles. The lowest BCUT2D eigenvalue weighted by molar-refractivity contribution is 0.0519. The number of ether oxygens (including phenoxy) is 1. The van der Waals surface area contributed by atoms with Gasteiger partial charge in [0.2, 0.25) is 0 Å².